The molecule has 4 nitrogen and oxygen atoms in total. The van der Waals surface area contributed by atoms with Gasteiger partial charge in [0.2, 0.25) is 5.91 Å². The van der Waals surface area contributed by atoms with Crippen LogP contribution in [0.25, 0.3) is 22.5 Å². The number of aryl methyl sites for hydroxylation is 1. The summed E-state index contributed by atoms with van der Waals surface area (Å²) < 4.78 is 5.77. The highest BCUT2D eigenvalue weighted by Gasteiger charge is 2.11. The molecule has 29 heavy (non-hydrogen) atoms. The van der Waals surface area contributed by atoms with Gasteiger partial charge in [-0.1, -0.05) is 60.1 Å². The molecule has 0 fully saturated rings. The first-order valence-electron chi connectivity index (χ1n) is 9.34. The van der Waals surface area contributed by atoms with E-state index < -0.39 is 0 Å². The Balaban J connectivity index is 1.40. The third-order valence-electron chi connectivity index (χ3n) is 4.53. The summed E-state index contributed by atoms with van der Waals surface area (Å²) in [5.41, 5.74) is 3.73. The van der Waals surface area contributed by atoms with E-state index in [-0.39, 0.29) is 12.3 Å². The fraction of sp³-hybridized carbons (Fsp3) is 0.0833. The van der Waals surface area contributed by atoms with Gasteiger partial charge in [-0.3, -0.25) is 4.79 Å². The lowest BCUT2D eigenvalue weighted by Gasteiger charge is -2.11. The van der Waals surface area contributed by atoms with Gasteiger partial charge in [-0.2, -0.15) is 0 Å². The molecule has 0 aliphatic carbocycles. The smallest absolute Gasteiger partial charge is 0.224 e. The molecule has 0 saturated heterocycles. The standard InChI is InChI=1S/C24H19ClN2O2/c25-19-12-10-18(11-13-19)22-16-26-24(29-22)15-14-23(28)27-21-9-5-4-8-20(21)17-6-2-1-3-7-17/h1-13,16H,14-15H2,(H,27,28). The van der Waals surface area contributed by atoms with Crippen molar-refractivity contribution in [3.63, 3.8) is 0 Å². The highest BCUT2D eigenvalue weighted by atomic mass is 35.5. The summed E-state index contributed by atoms with van der Waals surface area (Å²) in [5, 5.41) is 3.67. The van der Waals surface area contributed by atoms with Crippen LogP contribution in [0.1, 0.15) is 12.3 Å². The number of aromatic nitrogens is 1. The van der Waals surface area contributed by atoms with Crippen molar-refractivity contribution >= 4 is 23.2 Å². The Kier molecular flexibility index (Phi) is 5.73. The summed E-state index contributed by atoms with van der Waals surface area (Å²) in [4.78, 5) is 16.8. The Morgan fingerprint density at radius 3 is 2.41 bits per heavy atom. The Bertz CT molecular complexity index is 1110. The van der Waals surface area contributed by atoms with E-state index in [1.807, 2.05) is 66.7 Å². The summed E-state index contributed by atoms with van der Waals surface area (Å²) in [7, 11) is 0. The van der Waals surface area contributed by atoms with Crippen LogP contribution in [0.5, 0.6) is 0 Å². The largest absolute Gasteiger partial charge is 0.441 e. The Morgan fingerprint density at radius 1 is 0.897 bits per heavy atom. The van der Waals surface area contributed by atoms with Crippen LogP contribution >= 0.6 is 11.6 Å². The number of nitrogens with zero attached hydrogens (tertiary/aromatic N) is 1. The van der Waals surface area contributed by atoms with Gasteiger partial charge in [-0.15, -0.1) is 0 Å². The van der Waals surface area contributed by atoms with E-state index in [9.17, 15) is 4.79 Å². The van der Waals surface area contributed by atoms with Gasteiger partial charge in [-0.25, -0.2) is 4.98 Å². The third kappa shape index (κ3) is 4.73. The second-order valence-electron chi connectivity index (χ2n) is 6.58. The number of halogens is 1. The van der Waals surface area contributed by atoms with E-state index in [0.717, 1.165) is 22.4 Å². The second kappa shape index (κ2) is 8.76. The maximum absolute atomic E-state index is 12.5. The van der Waals surface area contributed by atoms with Gasteiger partial charge in [0.25, 0.3) is 0 Å². The van der Waals surface area contributed by atoms with Crippen molar-refractivity contribution in [2.45, 2.75) is 12.8 Å². The summed E-state index contributed by atoms with van der Waals surface area (Å²) in [6.07, 6.45) is 2.37. The summed E-state index contributed by atoms with van der Waals surface area (Å²) >= 11 is 5.91. The van der Waals surface area contributed by atoms with Crippen molar-refractivity contribution in [1.29, 1.82) is 0 Å². The van der Waals surface area contributed by atoms with Crippen LogP contribution in [0.2, 0.25) is 5.02 Å². The molecule has 1 aromatic heterocycles. The number of oxazole rings is 1. The number of amides is 1. The molecule has 4 rings (SSSR count). The lowest BCUT2D eigenvalue weighted by molar-refractivity contribution is -0.116. The molecular formula is C24H19ClN2O2. The average Bonchev–Trinajstić information content (AvgIpc) is 3.23. The first-order valence-corrected chi connectivity index (χ1v) is 9.72. The molecule has 144 valence electrons. The van der Waals surface area contributed by atoms with Gasteiger partial charge in [0.05, 0.1) is 6.20 Å². The SMILES string of the molecule is O=C(CCc1ncc(-c2ccc(Cl)cc2)o1)Nc1ccccc1-c1ccccc1. The van der Waals surface area contributed by atoms with E-state index in [1.54, 1.807) is 18.3 Å². The topological polar surface area (TPSA) is 55.1 Å². The molecule has 4 aromatic rings. The predicted molar refractivity (Wildman–Crippen MR) is 116 cm³/mol. The predicted octanol–water partition coefficient (Wildman–Crippen LogP) is 6.23. The summed E-state index contributed by atoms with van der Waals surface area (Å²) in [6.45, 7) is 0. The number of carbonyl (C=O) groups excluding carboxylic acids is 1. The number of para-hydroxylation sites is 1. The minimum atomic E-state index is -0.0837. The number of nitrogens with one attached hydrogen (secondary N) is 1. The zero-order valence-corrected chi connectivity index (χ0v) is 16.4. The van der Waals surface area contributed by atoms with Gasteiger partial charge in [0.1, 0.15) is 0 Å². The van der Waals surface area contributed by atoms with E-state index in [0.29, 0.717) is 23.1 Å². The average molecular weight is 403 g/mol. The molecule has 0 unspecified atom stereocenters. The number of hydrogen-bond acceptors (Lipinski definition) is 3. The minimum Gasteiger partial charge on any atom is -0.441 e. The van der Waals surface area contributed by atoms with Gasteiger partial charge in [0.15, 0.2) is 11.7 Å². The van der Waals surface area contributed by atoms with Crippen molar-refractivity contribution in [1.82, 2.24) is 4.98 Å². The van der Waals surface area contributed by atoms with Crippen LogP contribution in [-0.2, 0) is 11.2 Å². The highest BCUT2D eigenvalue weighted by molar-refractivity contribution is 6.30. The van der Waals surface area contributed by atoms with Gasteiger partial charge in [-0.05, 0) is 35.9 Å². The minimum absolute atomic E-state index is 0.0837. The third-order valence-corrected chi connectivity index (χ3v) is 4.79. The van der Waals surface area contributed by atoms with Crippen LogP contribution < -0.4 is 5.32 Å². The van der Waals surface area contributed by atoms with E-state index in [2.05, 4.69) is 10.3 Å². The van der Waals surface area contributed by atoms with Crippen LogP contribution in [0.15, 0.2) is 89.5 Å². The molecule has 0 spiro atoms. The zero-order chi connectivity index (χ0) is 20.1. The molecule has 0 atom stereocenters. The number of carbonyl (C=O) groups is 1. The fourth-order valence-corrected chi connectivity index (χ4v) is 3.19. The molecule has 3 aromatic carbocycles. The van der Waals surface area contributed by atoms with Crippen molar-refractivity contribution in [3.8, 4) is 22.5 Å². The normalized spacial score (nSPS) is 10.7. The second-order valence-corrected chi connectivity index (χ2v) is 7.02. The maximum atomic E-state index is 12.5. The number of hydrogen-bond donors (Lipinski definition) is 1. The molecule has 0 aliphatic rings. The van der Waals surface area contributed by atoms with E-state index >= 15 is 0 Å². The van der Waals surface area contributed by atoms with Crippen molar-refractivity contribution in [2.24, 2.45) is 0 Å². The summed E-state index contributed by atoms with van der Waals surface area (Å²) in [6, 6.07) is 25.1. The first kappa shape index (κ1) is 19.0. The number of anilines is 1. The molecule has 0 bridgehead atoms. The maximum Gasteiger partial charge on any atom is 0.224 e. The van der Waals surface area contributed by atoms with Crippen LogP contribution in [0.4, 0.5) is 5.69 Å². The molecule has 1 amide bonds. The van der Waals surface area contributed by atoms with Crippen molar-refractivity contribution < 1.29 is 9.21 Å². The lowest BCUT2D eigenvalue weighted by Crippen LogP contribution is -2.13. The van der Waals surface area contributed by atoms with Crippen molar-refractivity contribution in [3.05, 3.63) is 96.0 Å². The van der Waals surface area contributed by atoms with Crippen LogP contribution in [0.3, 0.4) is 0 Å². The van der Waals surface area contributed by atoms with Gasteiger partial charge >= 0.3 is 0 Å². The zero-order valence-electron chi connectivity index (χ0n) is 15.6. The first-order chi connectivity index (χ1) is 14.2. The fourth-order valence-electron chi connectivity index (χ4n) is 3.07. The highest BCUT2D eigenvalue weighted by Crippen LogP contribution is 2.28. The molecule has 0 aliphatic heterocycles. The van der Waals surface area contributed by atoms with Crippen molar-refractivity contribution in [2.75, 3.05) is 5.32 Å². The molecule has 1 N–H and O–H groups in total. The van der Waals surface area contributed by atoms with Gasteiger partial charge < -0.3 is 9.73 Å². The monoisotopic (exact) mass is 402 g/mol. The summed E-state index contributed by atoms with van der Waals surface area (Å²) in [5.74, 6) is 1.10. The molecule has 5 heteroatoms. The lowest BCUT2D eigenvalue weighted by atomic mass is 10.0. The molecule has 1 heterocycles. The Labute approximate surface area is 174 Å². The molecular weight excluding hydrogens is 384 g/mol. The number of rotatable bonds is 6. The molecule has 0 saturated carbocycles. The van der Waals surface area contributed by atoms with Crippen LogP contribution in [-0.4, -0.2) is 10.9 Å². The van der Waals surface area contributed by atoms with Crippen LogP contribution in [0, 0.1) is 0 Å². The Morgan fingerprint density at radius 2 is 1.62 bits per heavy atom. The Hall–Kier alpha value is -3.37. The molecule has 0 radical (unpaired) electrons. The number of benzene rings is 3. The van der Waals surface area contributed by atoms with Gasteiger partial charge in [0, 0.05) is 34.7 Å². The van der Waals surface area contributed by atoms with E-state index in [4.69, 9.17) is 16.0 Å². The van der Waals surface area contributed by atoms with E-state index in [1.165, 1.54) is 0 Å². The quantitative estimate of drug-likeness (QED) is 0.415.